The van der Waals surface area contributed by atoms with Gasteiger partial charge in [-0.2, -0.15) is 0 Å². The first kappa shape index (κ1) is 11.7. The van der Waals surface area contributed by atoms with E-state index in [1.165, 1.54) is 13.3 Å². The van der Waals surface area contributed by atoms with Crippen LogP contribution in [0.3, 0.4) is 0 Å². The average Bonchev–Trinajstić information content (AvgIpc) is 2.22. The van der Waals surface area contributed by atoms with Crippen molar-refractivity contribution in [1.29, 1.82) is 0 Å². The molecule has 0 aliphatic heterocycles. The van der Waals surface area contributed by atoms with Crippen molar-refractivity contribution in [3.63, 3.8) is 0 Å². The normalized spacial score (nSPS) is 12.2. The van der Waals surface area contributed by atoms with Gasteiger partial charge >= 0.3 is 5.97 Å². The number of anilines is 1. The monoisotopic (exact) mass is 229 g/mol. The highest BCUT2D eigenvalue weighted by Crippen LogP contribution is 2.16. The van der Waals surface area contributed by atoms with Crippen LogP contribution in [-0.2, 0) is 16.0 Å². The van der Waals surface area contributed by atoms with Gasteiger partial charge in [0.15, 0.2) is 5.15 Å². The third kappa shape index (κ3) is 3.07. The van der Waals surface area contributed by atoms with E-state index in [1.54, 1.807) is 6.07 Å². The summed E-state index contributed by atoms with van der Waals surface area (Å²) in [5.41, 5.74) is 12.2. The molecule has 1 aromatic heterocycles. The zero-order chi connectivity index (χ0) is 11.4. The third-order valence-corrected chi connectivity index (χ3v) is 2.20. The van der Waals surface area contributed by atoms with Crippen LogP contribution in [0.2, 0.25) is 5.15 Å². The van der Waals surface area contributed by atoms with E-state index in [2.05, 4.69) is 9.72 Å². The van der Waals surface area contributed by atoms with Crippen LogP contribution < -0.4 is 11.5 Å². The minimum atomic E-state index is -0.711. The van der Waals surface area contributed by atoms with Gasteiger partial charge in [-0.15, -0.1) is 0 Å². The molecule has 1 atom stereocenters. The zero-order valence-corrected chi connectivity index (χ0v) is 8.99. The van der Waals surface area contributed by atoms with Gasteiger partial charge in [-0.25, -0.2) is 4.98 Å². The Morgan fingerprint density at radius 2 is 2.40 bits per heavy atom. The molecule has 0 bridgehead atoms. The van der Waals surface area contributed by atoms with Gasteiger partial charge in [0.05, 0.1) is 12.8 Å². The molecule has 0 unspecified atom stereocenters. The molecule has 0 amide bonds. The molecule has 1 heterocycles. The summed E-state index contributed by atoms with van der Waals surface area (Å²) < 4.78 is 4.50. The first-order valence-electron chi connectivity index (χ1n) is 4.28. The summed E-state index contributed by atoms with van der Waals surface area (Å²) in [4.78, 5) is 14.9. The number of carbonyl (C=O) groups is 1. The number of ether oxygens (including phenoxy) is 1. The van der Waals surface area contributed by atoms with Gasteiger partial charge in [-0.1, -0.05) is 11.6 Å². The molecule has 1 aromatic rings. The Morgan fingerprint density at radius 1 is 1.73 bits per heavy atom. The Labute approximate surface area is 92.4 Å². The fraction of sp³-hybridized carbons (Fsp3) is 0.333. The van der Waals surface area contributed by atoms with Gasteiger partial charge in [0.2, 0.25) is 0 Å². The molecule has 0 saturated carbocycles. The van der Waals surface area contributed by atoms with E-state index in [4.69, 9.17) is 23.1 Å². The Bertz CT molecular complexity index is 370. The van der Waals surface area contributed by atoms with E-state index < -0.39 is 12.0 Å². The van der Waals surface area contributed by atoms with Gasteiger partial charge in [-0.05, 0) is 18.1 Å². The predicted octanol–water partition coefficient (Wildman–Crippen LogP) is 0.360. The number of nitrogens with two attached hydrogens (primary N) is 2. The first-order chi connectivity index (χ1) is 7.04. The van der Waals surface area contributed by atoms with Crippen molar-refractivity contribution >= 4 is 23.3 Å². The summed E-state index contributed by atoms with van der Waals surface area (Å²) in [7, 11) is 1.29. The molecule has 6 heteroatoms. The second-order valence-electron chi connectivity index (χ2n) is 3.06. The molecule has 0 radical (unpaired) electrons. The molecule has 82 valence electrons. The molecule has 0 saturated heterocycles. The Balaban J connectivity index is 2.73. The maximum Gasteiger partial charge on any atom is 0.322 e. The summed E-state index contributed by atoms with van der Waals surface area (Å²) in [5.74, 6) is -0.469. The van der Waals surface area contributed by atoms with Crippen molar-refractivity contribution in [3.05, 3.63) is 23.0 Å². The van der Waals surface area contributed by atoms with Crippen molar-refractivity contribution in [2.24, 2.45) is 5.73 Å². The highest BCUT2D eigenvalue weighted by atomic mass is 35.5. The molecule has 0 spiro atoms. The summed E-state index contributed by atoms with van der Waals surface area (Å²) in [6.45, 7) is 0. The number of carbonyl (C=O) groups excluding carboxylic acids is 1. The molecule has 4 N–H and O–H groups in total. The second kappa shape index (κ2) is 4.95. The Morgan fingerprint density at radius 3 is 2.93 bits per heavy atom. The first-order valence-corrected chi connectivity index (χ1v) is 4.65. The van der Waals surface area contributed by atoms with Gasteiger partial charge in [0.1, 0.15) is 6.04 Å². The van der Waals surface area contributed by atoms with E-state index in [-0.39, 0.29) is 5.15 Å². The average molecular weight is 230 g/mol. The van der Waals surface area contributed by atoms with Crippen LogP contribution in [0, 0.1) is 0 Å². The Kier molecular flexibility index (Phi) is 3.88. The predicted molar refractivity (Wildman–Crippen MR) is 57.4 cm³/mol. The molecule has 0 aromatic carbocycles. The number of hydrogen-bond acceptors (Lipinski definition) is 5. The van der Waals surface area contributed by atoms with E-state index >= 15 is 0 Å². The number of methoxy groups -OCH3 is 1. The number of nitrogens with zero attached hydrogens (tertiary/aromatic N) is 1. The lowest BCUT2D eigenvalue weighted by Gasteiger charge is -2.09. The largest absolute Gasteiger partial charge is 0.468 e. The van der Waals surface area contributed by atoms with Crippen molar-refractivity contribution in [3.8, 4) is 0 Å². The lowest BCUT2D eigenvalue weighted by Crippen LogP contribution is -2.33. The van der Waals surface area contributed by atoms with Crippen LogP contribution in [0.4, 0.5) is 5.69 Å². The molecular formula is C9H12ClN3O2. The van der Waals surface area contributed by atoms with Gasteiger partial charge < -0.3 is 16.2 Å². The maximum absolute atomic E-state index is 11.0. The number of nitrogen functional groups attached to an aromatic ring is 1. The van der Waals surface area contributed by atoms with E-state index in [9.17, 15) is 4.79 Å². The molecular weight excluding hydrogens is 218 g/mol. The summed E-state index contributed by atoms with van der Waals surface area (Å²) in [6.07, 6.45) is 1.85. The lowest BCUT2D eigenvalue weighted by molar-refractivity contribution is -0.142. The zero-order valence-electron chi connectivity index (χ0n) is 8.24. The fourth-order valence-corrected chi connectivity index (χ4v) is 1.21. The maximum atomic E-state index is 11.0. The topological polar surface area (TPSA) is 91.2 Å². The van der Waals surface area contributed by atoms with Crippen LogP contribution in [0.25, 0.3) is 0 Å². The van der Waals surface area contributed by atoms with Crippen LogP contribution in [0.15, 0.2) is 12.3 Å². The molecule has 5 nitrogen and oxygen atoms in total. The van der Waals surface area contributed by atoms with Crippen LogP contribution in [0.1, 0.15) is 5.56 Å². The number of halogens is 1. The summed E-state index contributed by atoms with van der Waals surface area (Å²) in [5, 5.41) is 0.241. The number of esters is 1. The Hall–Kier alpha value is -1.33. The van der Waals surface area contributed by atoms with Crippen molar-refractivity contribution in [1.82, 2.24) is 4.98 Å². The quantitative estimate of drug-likeness (QED) is 0.577. The van der Waals surface area contributed by atoms with Gasteiger partial charge in [0.25, 0.3) is 0 Å². The van der Waals surface area contributed by atoms with E-state index in [1.807, 2.05) is 0 Å². The SMILES string of the molecule is COC(=O)[C@H](N)Cc1cnc(Cl)c(N)c1. The van der Waals surface area contributed by atoms with Crippen LogP contribution in [-0.4, -0.2) is 24.1 Å². The van der Waals surface area contributed by atoms with Gasteiger partial charge in [0, 0.05) is 6.20 Å². The van der Waals surface area contributed by atoms with Crippen molar-refractivity contribution in [2.45, 2.75) is 12.5 Å². The molecule has 1 rings (SSSR count). The van der Waals surface area contributed by atoms with Crippen LogP contribution in [0.5, 0.6) is 0 Å². The van der Waals surface area contributed by atoms with Gasteiger partial charge in [-0.3, -0.25) is 4.79 Å². The molecule has 0 aliphatic rings. The smallest absolute Gasteiger partial charge is 0.322 e. The van der Waals surface area contributed by atoms with Crippen molar-refractivity contribution in [2.75, 3.05) is 12.8 Å². The molecule has 0 aliphatic carbocycles. The lowest BCUT2D eigenvalue weighted by atomic mass is 10.1. The number of pyridine rings is 1. The molecule has 0 fully saturated rings. The van der Waals surface area contributed by atoms with Crippen molar-refractivity contribution < 1.29 is 9.53 Å². The molecule has 15 heavy (non-hydrogen) atoms. The third-order valence-electron chi connectivity index (χ3n) is 1.88. The van der Waals surface area contributed by atoms with E-state index in [0.29, 0.717) is 12.1 Å². The summed E-state index contributed by atoms with van der Waals surface area (Å²) in [6, 6.07) is 0.926. The summed E-state index contributed by atoms with van der Waals surface area (Å²) >= 11 is 5.65. The standard InChI is InChI=1S/C9H12ClN3O2/c1-15-9(14)7(12)3-5-2-6(11)8(10)13-4-5/h2,4,7H,3,11-12H2,1H3/t7-/m1/s1. The fourth-order valence-electron chi connectivity index (χ4n) is 1.11. The van der Waals surface area contributed by atoms with Crippen LogP contribution >= 0.6 is 11.6 Å². The second-order valence-corrected chi connectivity index (χ2v) is 3.42. The minimum absolute atomic E-state index is 0.241. The highest BCUT2D eigenvalue weighted by Gasteiger charge is 2.14. The number of rotatable bonds is 3. The number of hydrogen-bond donors (Lipinski definition) is 2. The number of aromatic nitrogens is 1. The van der Waals surface area contributed by atoms with E-state index in [0.717, 1.165) is 5.56 Å². The highest BCUT2D eigenvalue weighted by molar-refractivity contribution is 6.31. The minimum Gasteiger partial charge on any atom is -0.468 e.